The Balaban J connectivity index is 1.79. The van der Waals surface area contributed by atoms with E-state index in [9.17, 15) is 29.7 Å². The van der Waals surface area contributed by atoms with E-state index >= 15 is 0 Å². The van der Waals surface area contributed by atoms with Gasteiger partial charge in [0.05, 0.1) is 13.2 Å². The summed E-state index contributed by atoms with van der Waals surface area (Å²) >= 11 is 0. The molecule has 11 heteroatoms. The molecule has 1 heterocycles. The van der Waals surface area contributed by atoms with Crippen LogP contribution in [-0.4, -0.2) is 89.7 Å². The summed E-state index contributed by atoms with van der Waals surface area (Å²) < 4.78 is 5.37. The van der Waals surface area contributed by atoms with Crippen molar-refractivity contribution in [2.75, 3.05) is 45.7 Å². The molecular weight excluding hydrogens is 492 g/mol. The van der Waals surface area contributed by atoms with Crippen molar-refractivity contribution in [3.8, 4) is 0 Å². The van der Waals surface area contributed by atoms with Crippen molar-refractivity contribution >= 4 is 24.2 Å². The molecule has 0 spiro atoms. The minimum Gasteiger partial charge on any atom is -0.379 e. The number of aldehydes is 2. The molecule has 0 aromatic heterocycles. The first kappa shape index (κ1) is 29.4. The highest BCUT2D eigenvalue weighted by Gasteiger charge is 2.34. The van der Waals surface area contributed by atoms with Gasteiger partial charge in [0, 0.05) is 68.4 Å². The molecule has 5 N–H and O–H groups in total. The first-order valence-electron chi connectivity index (χ1n) is 12.4. The normalized spacial score (nSPS) is 16.1. The first-order chi connectivity index (χ1) is 18.1. The Morgan fingerprint density at radius 2 is 1.79 bits per heavy atom. The zero-order chi connectivity index (χ0) is 27.8. The molecule has 1 aliphatic heterocycles. The number of likely N-dealkylation sites (N-methyl/N-ethyl adjacent to an activating group) is 1. The van der Waals surface area contributed by atoms with Gasteiger partial charge in [-0.1, -0.05) is 36.4 Å². The van der Waals surface area contributed by atoms with Gasteiger partial charge in [-0.2, -0.15) is 0 Å². The first-order valence-corrected chi connectivity index (χ1v) is 12.4. The molecule has 2 aromatic carbocycles. The van der Waals surface area contributed by atoms with Crippen LogP contribution in [0, 0.1) is 0 Å². The molecule has 0 radical (unpaired) electrons. The number of aliphatic hydroxyl groups is 3. The standard InChI is InChI=1S/C27H36N4O7/c1-28-25(34)10-11-26(35,19-33)30(2)17-23-21(18-32)4-3-5-24(23)29-27(36,37)22-8-6-20(7-9-22)16-31-12-14-38-15-13-31/h3-9,18-19,29,35-37H,10-17H2,1-2H3,(H,28,34). The summed E-state index contributed by atoms with van der Waals surface area (Å²) in [6, 6.07) is 11.6. The molecule has 11 nitrogen and oxygen atoms in total. The van der Waals surface area contributed by atoms with Crippen molar-refractivity contribution in [1.82, 2.24) is 15.1 Å². The lowest BCUT2D eigenvalue weighted by atomic mass is 10.0. The lowest BCUT2D eigenvalue weighted by Crippen LogP contribution is -2.48. The fraction of sp³-hybridized carbons (Fsp3) is 0.444. The number of nitrogens with zero attached hydrogens (tertiary/aromatic N) is 2. The van der Waals surface area contributed by atoms with Crippen molar-refractivity contribution in [2.45, 2.75) is 37.6 Å². The van der Waals surface area contributed by atoms with E-state index in [2.05, 4.69) is 15.5 Å². The number of benzene rings is 2. The second kappa shape index (κ2) is 13.1. The van der Waals surface area contributed by atoms with Gasteiger partial charge in [0.25, 0.3) is 5.91 Å². The van der Waals surface area contributed by atoms with Crippen LogP contribution in [0.15, 0.2) is 42.5 Å². The van der Waals surface area contributed by atoms with Gasteiger partial charge < -0.3 is 30.7 Å². The maximum Gasteiger partial charge on any atom is 0.272 e. The predicted octanol–water partition coefficient (Wildman–Crippen LogP) is 0.384. The van der Waals surface area contributed by atoms with E-state index in [1.807, 2.05) is 12.1 Å². The van der Waals surface area contributed by atoms with E-state index in [1.165, 1.54) is 19.0 Å². The maximum atomic E-state index is 11.8. The van der Waals surface area contributed by atoms with Crippen molar-refractivity contribution in [3.63, 3.8) is 0 Å². The van der Waals surface area contributed by atoms with Crippen LogP contribution in [0.2, 0.25) is 0 Å². The van der Waals surface area contributed by atoms with Gasteiger partial charge >= 0.3 is 0 Å². The Kier molecular flexibility index (Phi) is 10.1. The highest BCUT2D eigenvalue weighted by atomic mass is 16.5. The zero-order valence-corrected chi connectivity index (χ0v) is 21.7. The molecule has 1 aliphatic rings. The third-order valence-corrected chi connectivity index (χ3v) is 6.76. The van der Waals surface area contributed by atoms with Crippen molar-refractivity contribution in [3.05, 3.63) is 64.7 Å². The lowest BCUT2D eigenvalue weighted by molar-refractivity contribution is -0.149. The smallest absolute Gasteiger partial charge is 0.272 e. The van der Waals surface area contributed by atoms with Crippen LogP contribution in [-0.2, 0) is 33.3 Å². The number of ether oxygens (including phenoxy) is 1. The third kappa shape index (κ3) is 7.44. The van der Waals surface area contributed by atoms with Gasteiger partial charge in [0.15, 0.2) is 12.0 Å². The summed E-state index contributed by atoms with van der Waals surface area (Å²) in [5.41, 5.74) is 0.0183. The fourth-order valence-electron chi connectivity index (χ4n) is 4.26. The van der Waals surface area contributed by atoms with E-state index in [0.717, 1.165) is 25.2 Å². The Labute approximate surface area is 222 Å². The number of nitrogens with one attached hydrogen (secondary N) is 2. The summed E-state index contributed by atoms with van der Waals surface area (Å²) in [5.74, 6) is -2.82. The van der Waals surface area contributed by atoms with Gasteiger partial charge in [0.1, 0.15) is 6.29 Å². The third-order valence-electron chi connectivity index (χ3n) is 6.76. The number of hydrogen-bond donors (Lipinski definition) is 5. The minimum atomic E-state index is -2.48. The summed E-state index contributed by atoms with van der Waals surface area (Å²) in [7, 11) is 2.93. The molecule has 206 valence electrons. The van der Waals surface area contributed by atoms with Gasteiger partial charge in [-0.05, 0) is 18.7 Å². The number of amides is 1. The van der Waals surface area contributed by atoms with Gasteiger partial charge in [0.2, 0.25) is 5.91 Å². The second-order valence-corrected chi connectivity index (χ2v) is 9.40. The summed E-state index contributed by atoms with van der Waals surface area (Å²) in [6.07, 6.45) is 0.691. The van der Waals surface area contributed by atoms with Gasteiger partial charge in [-0.3, -0.25) is 24.2 Å². The molecule has 0 bridgehead atoms. The number of rotatable bonds is 13. The van der Waals surface area contributed by atoms with Crippen molar-refractivity contribution < 1.29 is 34.4 Å². The monoisotopic (exact) mass is 528 g/mol. The molecule has 1 unspecified atom stereocenters. The van der Waals surface area contributed by atoms with Crippen molar-refractivity contribution in [1.29, 1.82) is 0 Å². The highest BCUT2D eigenvalue weighted by Crippen LogP contribution is 2.29. The molecule has 1 amide bonds. The number of carbonyl (C=O) groups excluding carboxylic acids is 3. The highest BCUT2D eigenvalue weighted by molar-refractivity contribution is 5.81. The number of morpholine rings is 1. The molecule has 0 aliphatic carbocycles. The second-order valence-electron chi connectivity index (χ2n) is 9.40. The maximum absolute atomic E-state index is 11.8. The van der Waals surface area contributed by atoms with Crippen LogP contribution in [0.3, 0.4) is 0 Å². The van der Waals surface area contributed by atoms with E-state index < -0.39 is 11.6 Å². The molecule has 3 rings (SSSR count). The van der Waals surface area contributed by atoms with Crippen LogP contribution >= 0.6 is 0 Å². The van der Waals surface area contributed by atoms with E-state index in [4.69, 9.17) is 4.74 Å². The van der Waals surface area contributed by atoms with Crippen LogP contribution in [0.5, 0.6) is 0 Å². The molecule has 1 saturated heterocycles. The number of hydrogen-bond acceptors (Lipinski definition) is 10. The van der Waals surface area contributed by atoms with Crippen LogP contribution in [0.4, 0.5) is 5.69 Å². The van der Waals surface area contributed by atoms with Gasteiger partial charge in [-0.25, -0.2) is 0 Å². The van der Waals surface area contributed by atoms with E-state index in [1.54, 1.807) is 30.3 Å². The Morgan fingerprint density at radius 1 is 1.11 bits per heavy atom. The van der Waals surface area contributed by atoms with Crippen LogP contribution in [0.1, 0.15) is 39.9 Å². The average Bonchev–Trinajstić information content (AvgIpc) is 2.93. The fourth-order valence-corrected chi connectivity index (χ4v) is 4.26. The van der Waals surface area contributed by atoms with Gasteiger partial charge in [-0.15, -0.1) is 0 Å². The molecular formula is C27H36N4O7. The topological polar surface area (TPSA) is 152 Å². The molecule has 2 aromatic rings. The molecule has 1 atom stereocenters. The number of carbonyl (C=O) groups is 3. The Hall–Kier alpha value is -3.19. The predicted molar refractivity (Wildman–Crippen MR) is 140 cm³/mol. The Bertz CT molecular complexity index is 1100. The summed E-state index contributed by atoms with van der Waals surface area (Å²) in [4.78, 5) is 38.8. The largest absolute Gasteiger partial charge is 0.379 e. The van der Waals surface area contributed by atoms with E-state index in [-0.39, 0.29) is 42.1 Å². The average molecular weight is 529 g/mol. The lowest BCUT2D eigenvalue weighted by Gasteiger charge is -2.34. The summed E-state index contributed by atoms with van der Waals surface area (Å²) in [6.45, 7) is 3.67. The zero-order valence-electron chi connectivity index (χ0n) is 21.7. The molecule has 0 saturated carbocycles. The van der Waals surface area contributed by atoms with Crippen LogP contribution < -0.4 is 10.6 Å². The quantitative estimate of drug-likeness (QED) is 0.182. The minimum absolute atomic E-state index is 0.0889. The number of anilines is 1. The molecule has 1 fully saturated rings. The summed E-state index contributed by atoms with van der Waals surface area (Å²) in [5, 5.41) is 37.8. The van der Waals surface area contributed by atoms with Crippen molar-refractivity contribution in [2.24, 2.45) is 0 Å². The van der Waals surface area contributed by atoms with Crippen LogP contribution in [0.25, 0.3) is 0 Å². The SMILES string of the molecule is CNC(=O)CCC(O)(C=O)N(C)Cc1c(C=O)cccc1NC(O)(O)c1ccc(CN2CCOCC2)cc1. The molecule has 38 heavy (non-hydrogen) atoms. The Morgan fingerprint density at radius 3 is 2.39 bits per heavy atom. The van der Waals surface area contributed by atoms with E-state index in [0.29, 0.717) is 31.3 Å².